The van der Waals surface area contributed by atoms with Crippen molar-refractivity contribution in [3.63, 3.8) is 0 Å². The molecule has 102 valence electrons. The second kappa shape index (κ2) is 6.69. The molecule has 1 saturated carbocycles. The zero-order valence-corrected chi connectivity index (χ0v) is 12.2. The van der Waals surface area contributed by atoms with Gasteiger partial charge in [-0.1, -0.05) is 32.8 Å². The highest BCUT2D eigenvalue weighted by molar-refractivity contribution is 7.10. The van der Waals surface area contributed by atoms with E-state index in [1.165, 1.54) is 30.6 Å². The zero-order valence-electron chi connectivity index (χ0n) is 11.4. The number of thiophene rings is 1. The highest BCUT2D eigenvalue weighted by Crippen LogP contribution is 2.31. The molecule has 0 saturated heterocycles. The summed E-state index contributed by atoms with van der Waals surface area (Å²) in [4.78, 5) is 1.42. The first-order chi connectivity index (χ1) is 8.72. The monoisotopic (exact) mass is 267 g/mol. The Bertz CT molecular complexity index is 336. The summed E-state index contributed by atoms with van der Waals surface area (Å²) < 4.78 is 0. The summed E-state index contributed by atoms with van der Waals surface area (Å²) in [5.74, 6) is 1.03. The average Bonchev–Trinajstić information content (AvgIpc) is 2.89. The van der Waals surface area contributed by atoms with Crippen LogP contribution in [0.1, 0.15) is 50.4 Å². The standard InChI is InChI=1S/C15H25NOS/c1-11(2)15(14-8-5-9-18-14)16-13-7-4-3-6-12(13)10-17/h5,8-9,11-13,15-17H,3-4,6-7,10H2,1-2H3. The Morgan fingerprint density at radius 3 is 2.78 bits per heavy atom. The summed E-state index contributed by atoms with van der Waals surface area (Å²) in [5, 5.41) is 15.5. The Hall–Kier alpha value is -0.380. The van der Waals surface area contributed by atoms with E-state index in [4.69, 9.17) is 0 Å². The second-order valence-electron chi connectivity index (χ2n) is 5.74. The predicted octanol–water partition coefficient (Wildman–Crippen LogP) is 3.59. The molecule has 2 nitrogen and oxygen atoms in total. The van der Waals surface area contributed by atoms with E-state index in [1.54, 1.807) is 0 Å². The van der Waals surface area contributed by atoms with E-state index in [1.807, 2.05) is 11.3 Å². The molecule has 0 aliphatic heterocycles. The first kappa shape index (κ1) is 14.0. The molecule has 0 amide bonds. The van der Waals surface area contributed by atoms with Gasteiger partial charge in [0.1, 0.15) is 0 Å². The minimum absolute atomic E-state index is 0.326. The van der Waals surface area contributed by atoms with Crippen molar-refractivity contribution >= 4 is 11.3 Å². The molecule has 3 heteroatoms. The van der Waals surface area contributed by atoms with Gasteiger partial charge in [0.15, 0.2) is 0 Å². The van der Waals surface area contributed by atoms with Crippen LogP contribution in [0.15, 0.2) is 17.5 Å². The lowest BCUT2D eigenvalue weighted by atomic mass is 9.84. The SMILES string of the molecule is CC(C)C(NC1CCCCC1CO)c1cccs1. The minimum Gasteiger partial charge on any atom is -0.396 e. The summed E-state index contributed by atoms with van der Waals surface area (Å²) in [6.45, 7) is 4.87. The van der Waals surface area contributed by atoms with Crippen molar-refractivity contribution in [2.75, 3.05) is 6.61 Å². The molecule has 1 aromatic heterocycles. The van der Waals surface area contributed by atoms with E-state index < -0.39 is 0 Å². The maximum atomic E-state index is 9.51. The van der Waals surface area contributed by atoms with Crippen LogP contribution >= 0.6 is 11.3 Å². The van der Waals surface area contributed by atoms with Gasteiger partial charge in [-0.15, -0.1) is 11.3 Å². The first-order valence-corrected chi connectivity index (χ1v) is 8.00. The molecule has 3 atom stereocenters. The van der Waals surface area contributed by atoms with E-state index >= 15 is 0 Å². The smallest absolute Gasteiger partial charge is 0.0474 e. The van der Waals surface area contributed by atoms with E-state index in [0.29, 0.717) is 30.5 Å². The summed E-state index contributed by atoms with van der Waals surface area (Å²) in [6, 6.07) is 5.26. The van der Waals surface area contributed by atoms with E-state index in [0.717, 1.165) is 0 Å². The number of aliphatic hydroxyl groups is 1. The number of hydrogen-bond acceptors (Lipinski definition) is 3. The molecule has 3 unspecified atom stereocenters. The van der Waals surface area contributed by atoms with Gasteiger partial charge in [-0.05, 0) is 36.1 Å². The van der Waals surface area contributed by atoms with Gasteiger partial charge in [-0.25, -0.2) is 0 Å². The molecule has 1 fully saturated rings. The van der Waals surface area contributed by atoms with Crippen LogP contribution in [0, 0.1) is 11.8 Å². The maximum absolute atomic E-state index is 9.51. The highest BCUT2D eigenvalue weighted by atomic mass is 32.1. The third kappa shape index (κ3) is 3.34. The maximum Gasteiger partial charge on any atom is 0.0474 e. The normalized spacial score (nSPS) is 26.4. The quantitative estimate of drug-likeness (QED) is 0.854. The third-order valence-corrected chi connectivity index (χ3v) is 5.01. The molecule has 0 aromatic carbocycles. The molecule has 1 heterocycles. The van der Waals surface area contributed by atoms with E-state index in [9.17, 15) is 5.11 Å². The zero-order chi connectivity index (χ0) is 13.0. The fraction of sp³-hybridized carbons (Fsp3) is 0.733. The lowest BCUT2D eigenvalue weighted by Crippen LogP contribution is -2.43. The van der Waals surface area contributed by atoms with Gasteiger partial charge in [-0.3, -0.25) is 0 Å². The van der Waals surface area contributed by atoms with Crippen LogP contribution < -0.4 is 5.32 Å². The highest BCUT2D eigenvalue weighted by Gasteiger charge is 2.28. The lowest BCUT2D eigenvalue weighted by molar-refractivity contribution is 0.140. The van der Waals surface area contributed by atoms with Crippen LogP contribution in [-0.4, -0.2) is 17.8 Å². The summed E-state index contributed by atoms with van der Waals surface area (Å²) in [7, 11) is 0. The summed E-state index contributed by atoms with van der Waals surface area (Å²) in [5.41, 5.74) is 0. The van der Waals surface area contributed by atoms with Gasteiger partial charge in [0.25, 0.3) is 0 Å². The molecular weight excluding hydrogens is 242 g/mol. The van der Waals surface area contributed by atoms with Crippen molar-refractivity contribution < 1.29 is 5.11 Å². The van der Waals surface area contributed by atoms with Crippen LogP contribution in [0.25, 0.3) is 0 Å². The van der Waals surface area contributed by atoms with Crippen LogP contribution in [0.2, 0.25) is 0 Å². The van der Waals surface area contributed by atoms with Gasteiger partial charge in [0.05, 0.1) is 0 Å². The third-order valence-electron chi connectivity index (χ3n) is 4.05. The van der Waals surface area contributed by atoms with Gasteiger partial charge in [0, 0.05) is 23.6 Å². The second-order valence-corrected chi connectivity index (χ2v) is 6.72. The fourth-order valence-electron chi connectivity index (χ4n) is 2.95. The molecule has 1 aliphatic carbocycles. The van der Waals surface area contributed by atoms with Crippen LogP contribution in [-0.2, 0) is 0 Å². The van der Waals surface area contributed by atoms with Crippen molar-refractivity contribution in [2.24, 2.45) is 11.8 Å². The molecule has 0 spiro atoms. The summed E-state index contributed by atoms with van der Waals surface area (Å²) >= 11 is 1.83. The molecule has 0 radical (unpaired) electrons. The topological polar surface area (TPSA) is 32.3 Å². The Balaban J connectivity index is 2.04. The first-order valence-electron chi connectivity index (χ1n) is 7.12. The molecule has 0 bridgehead atoms. The van der Waals surface area contributed by atoms with Crippen molar-refractivity contribution in [3.8, 4) is 0 Å². The van der Waals surface area contributed by atoms with E-state index in [2.05, 4.69) is 36.7 Å². The van der Waals surface area contributed by atoms with Crippen LogP contribution in [0.5, 0.6) is 0 Å². The van der Waals surface area contributed by atoms with Gasteiger partial charge in [-0.2, -0.15) is 0 Å². The molecule has 2 N–H and O–H groups in total. The van der Waals surface area contributed by atoms with Crippen molar-refractivity contribution in [1.29, 1.82) is 0 Å². The Kier molecular flexibility index (Phi) is 5.22. The molecular formula is C15H25NOS. The average molecular weight is 267 g/mol. The van der Waals surface area contributed by atoms with Gasteiger partial charge < -0.3 is 10.4 Å². The Morgan fingerprint density at radius 2 is 2.17 bits per heavy atom. The Morgan fingerprint density at radius 1 is 1.39 bits per heavy atom. The lowest BCUT2D eigenvalue weighted by Gasteiger charge is -2.35. The van der Waals surface area contributed by atoms with Gasteiger partial charge >= 0.3 is 0 Å². The number of aliphatic hydroxyl groups excluding tert-OH is 1. The molecule has 2 rings (SSSR count). The van der Waals surface area contributed by atoms with Crippen molar-refractivity contribution in [2.45, 2.75) is 51.6 Å². The van der Waals surface area contributed by atoms with Crippen molar-refractivity contribution in [1.82, 2.24) is 5.32 Å². The Labute approximate surface area is 114 Å². The molecule has 1 aromatic rings. The molecule has 18 heavy (non-hydrogen) atoms. The predicted molar refractivity (Wildman–Crippen MR) is 77.9 cm³/mol. The molecule has 1 aliphatic rings. The number of hydrogen-bond donors (Lipinski definition) is 2. The number of rotatable bonds is 5. The largest absolute Gasteiger partial charge is 0.396 e. The summed E-state index contributed by atoms with van der Waals surface area (Å²) in [6.07, 6.45) is 4.95. The fourth-order valence-corrected chi connectivity index (χ4v) is 3.91. The van der Waals surface area contributed by atoms with Crippen LogP contribution in [0.4, 0.5) is 0 Å². The van der Waals surface area contributed by atoms with E-state index in [-0.39, 0.29) is 0 Å². The minimum atomic E-state index is 0.326. The van der Waals surface area contributed by atoms with Crippen LogP contribution in [0.3, 0.4) is 0 Å². The van der Waals surface area contributed by atoms with Crippen molar-refractivity contribution in [3.05, 3.63) is 22.4 Å². The number of nitrogens with one attached hydrogen (secondary N) is 1. The van der Waals surface area contributed by atoms with Gasteiger partial charge in [0.2, 0.25) is 0 Å².